The van der Waals surface area contributed by atoms with Gasteiger partial charge in [0.05, 0.1) is 22.3 Å². The number of hydrogen-bond donors (Lipinski definition) is 2. The van der Waals surface area contributed by atoms with E-state index in [0.29, 0.717) is 5.56 Å². The van der Waals surface area contributed by atoms with Gasteiger partial charge in [0.2, 0.25) is 10.0 Å². The van der Waals surface area contributed by atoms with Gasteiger partial charge in [0.1, 0.15) is 0 Å². The van der Waals surface area contributed by atoms with E-state index in [2.05, 4.69) is 5.32 Å². The average Bonchev–Trinajstić information content (AvgIpc) is 2.80. The summed E-state index contributed by atoms with van der Waals surface area (Å²) in [6.45, 7) is 1.56. The van der Waals surface area contributed by atoms with Gasteiger partial charge in [-0.05, 0) is 24.5 Å². The molecule has 0 radical (unpaired) electrons. The number of non-ortho nitro benzene ring substituents is 1. The number of carbonyl (C=O) groups is 2. The van der Waals surface area contributed by atoms with Crippen LogP contribution in [-0.4, -0.2) is 59.8 Å². The van der Waals surface area contributed by atoms with Crippen LogP contribution in [0, 0.1) is 10.1 Å². The Bertz CT molecular complexity index is 1260. The third kappa shape index (κ3) is 6.03. The molecule has 0 fully saturated rings. The van der Waals surface area contributed by atoms with E-state index in [1.165, 1.54) is 47.4 Å². The highest BCUT2D eigenvalue weighted by Crippen LogP contribution is 2.35. The summed E-state index contributed by atoms with van der Waals surface area (Å²) in [5.41, 5.74) is 0.707. The number of urea groups is 1. The van der Waals surface area contributed by atoms with Crippen molar-refractivity contribution in [3.05, 3.63) is 87.1 Å². The van der Waals surface area contributed by atoms with Crippen molar-refractivity contribution in [3.63, 3.8) is 0 Å². The predicted molar refractivity (Wildman–Crippen MR) is 128 cm³/mol. The van der Waals surface area contributed by atoms with Crippen LogP contribution in [0.1, 0.15) is 30.5 Å². The summed E-state index contributed by atoms with van der Waals surface area (Å²) in [6.07, 6.45) is 0.218. The van der Waals surface area contributed by atoms with Crippen molar-refractivity contribution >= 4 is 27.7 Å². The number of amides is 2. The first-order chi connectivity index (χ1) is 16.5. The SMILES string of the molecule is CC1=C(C(=O)O)C(c2cccc([N+](=O)[O-])c2)N(CCCN(C)S(=O)(=O)Cc2ccccc2)C(=O)N1. The van der Waals surface area contributed by atoms with Crippen LogP contribution in [0.3, 0.4) is 0 Å². The molecule has 2 aromatic carbocycles. The number of aliphatic carboxylic acids is 1. The van der Waals surface area contributed by atoms with Gasteiger partial charge >= 0.3 is 12.0 Å². The van der Waals surface area contributed by atoms with Crippen molar-refractivity contribution in [2.24, 2.45) is 0 Å². The Morgan fingerprint density at radius 1 is 1.20 bits per heavy atom. The highest BCUT2D eigenvalue weighted by Gasteiger charge is 2.38. The minimum Gasteiger partial charge on any atom is -0.478 e. The first-order valence-corrected chi connectivity index (χ1v) is 12.4. The second kappa shape index (κ2) is 10.7. The highest BCUT2D eigenvalue weighted by atomic mass is 32.2. The molecule has 0 aromatic heterocycles. The second-order valence-corrected chi connectivity index (χ2v) is 10.2. The Morgan fingerprint density at radius 3 is 2.51 bits per heavy atom. The molecule has 0 saturated carbocycles. The first kappa shape index (κ1) is 25.8. The normalized spacial score (nSPS) is 16.4. The van der Waals surface area contributed by atoms with E-state index in [0.717, 1.165) is 0 Å². The van der Waals surface area contributed by atoms with E-state index in [1.807, 2.05) is 0 Å². The Balaban J connectivity index is 1.81. The van der Waals surface area contributed by atoms with E-state index in [1.54, 1.807) is 30.3 Å². The van der Waals surface area contributed by atoms with E-state index < -0.39 is 33.0 Å². The number of carboxylic acid groups (broad SMARTS) is 1. The molecule has 0 bridgehead atoms. The van der Waals surface area contributed by atoms with Gasteiger partial charge in [0, 0.05) is 38.0 Å². The number of sulfonamides is 1. The van der Waals surface area contributed by atoms with E-state index in [4.69, 9.17) is 0 Å². The number of nitro benzene ring substituents is 1. The van der Waals surface area contributed by atoms with Crippen LogP contribution in [0.2, 0.25) is 0 Å². The summed E-state index contributed by atoms with van der Waals surface area (Å²) < 4.78 is 26.6. The number of benzene rings is 2. The van der Waals surface area contributed by atoms with Crippen molar-refractivity contribution in [2.75, 3.05) is 20.1 Å². The summed E-state index contributed by atoms with van der Waals surface area (Å²) >= 11 is 0. The number of carbonyl (C=O) groups excluding carboxylic acids is 1. The standard InChI is InChI=1S/C23H26N4O7S/c1-16-20(22(28)29)21(18-10-6-11-19(14-18)27(31)32)26(23(30)24-16)13-7-12-25(2)35(33,34)15-17-8-4-3-5-9-17/h3-6,8-11,14,21H,7,12-13,15H2,1-2H3,(H,24,30)(H,28,29). The van der Waals surface area contributed by atoms with Gasteiger partial charge in [-0.3, -0.25) is 10.1 Å². The Kier molecular flexibility index (Phi) is 7.87. The maximum absolute atomic E-state index is 12.8. The fraction of sp³-hybridized carbons (Fsp3) is 0.304. The molecule has 1 atom stereocenters. The lowest BCUT2D eigenvalue weighted by Gasteiger charge is -2.37. The van der Waals surface area contributed by atoms with Gasteiger partial charge in [0.25, 0.3) is 5.69 Å². The average molecular weight is 503 g/mol. The second-order valence-electron chi connectivity index (χ2n) is 8.14. The van der Waals surface area contributed by atoms with Crippen molar-refractivity contribution in [1.82, 2.24) is 14.5 Å². The predicted octanol–water partition coefficient (Wildman–Crippen LogP) is 2.87. The van der Waals surface area contributed by atoms with Crippen molar-refractivity contribution in [3.8, 4) is 0 Å². The van der Waals surface area contributed by atoms with Gasteiger partial charge in [-0.25, -0.2) is 22.3 Å². The molecule has 2 amide bonds. The lowest BCUT2D eigenvalue weighted by atomic mass is 9.93. The van der Waals surface area contributed by atoms with Crippen molar-refractivity contribution < 1.29 is 28.0 Å². The van der Waals surface area contributed by atoms with Crippen molar-refractivity contribution in [2.45, 2.75) is 25.1 Å². The monoisotopic (exact) mass is 502 g/mol. The molecule has 1 aliphatic heterocycles. The quantitative estimate of drug-likeness (QED) is 0.374. The molecule has 0 spiro atoms. The molecule has 1 unspecified atom stereocenters. The molecule has 35 heavy (non-hydrogen) atoms. The number of allylic oxidation sites excluding steroid dienone is 1. The van der Waals surface area contributed by atoms with Crippen LogP contribution in [0.25, 0.3) is 0 Å². The summed E-state index contributed by atoms with van der Waals surface area (Å²) in [4.78, 5) is 36.8. The van der Waals surface area contributed by atoms with Gasteiger partial charge in [-0.2, -0.15) is 0 Å². The fourth-order valence-electron chi connectivity index (χ4n) is 3.94. The Hall–Kier alpha value is -3.77. The lowest BCUT2D eigenvalue weighted by molar-refractivity contribution is -0.384. The molecule has 1 aliphatic rings. The number of nitrogens with zero attached hydrogens (tertiary/aromatic N) is 3. The molecular weight excluding hydrogens is 476 g/mol. The summed E-state index contributed by atoms with van der Waals surface area (Å²) in [7, 11) is -2.16. The van der Waals surface area contributed by atoms with E-state index in [-0.39, 0.29) is 47.8 Å². The summed E-state index contributed by atoms with van der Waals surface area (Å²) in [5.74, 6) is -1.44. The Morgan fingerprint density at radius 2 is 1.89 bits per heavy atom. The minimum atomic E-state index is -3.61. The minimum absolute atomic E-state index is 0.0223. The van der Waals surface area contributed by atoms with Gasteiger partial charge in [-0.1, -0.05) is 42.5 Å². The third-order valence-corrected chi connectivity index (χ3v) is 7.54. The first-order valence-electron chi connectivity index (χ1n) is 10.7. The smallest absolute Gasteiger partial charge is 0.335 e. The number of nitrogens with one attached hydrogen (secondary N) is 1. The van der Waals surface area contributed by atoms with Crippen LogP contribution < -0.4 is 5.32 Å². The number of nitro groups is 1. The van der Waals surface area contributed by atoms with Crippen LogP contribution in [0.15, 0.2) is 65.9 Å². The van der Waals surface area contributed by atoms with Gasteiger partial charge < -0.3 is 15.3 Å². The zero-order chi connectivity index (χ0) is 25.8. The van der Waals surface area contributed by atoms with Crippen LogP contribution >= 0.6 is 0 Å². The highest BCUT2D eigenvalue weighted by molar-refractivity contribution is 7.88. The van der Waals surface area contributed by atoms with E-state index >= 15 is 0 Å². The third-order valence-electron chi connectivity index (χ3n) is 5.71. The molecule has 12 heteroatoms. The van der Waals surface area contributed by atoms with Crippen LogP contribution in [0.4, 0.5) is 10.5 Å². The number of hydrogen-bond acceptors (Lipinski definition) is 6. The summed E-state index contributed by atoms with van der Waals surface area (Å²) in [6, 6.07) is 12.6. The molecule has 11 nitrogen and oxygen atoms in total. The fourth-order valence-corrected chi connectivity index (χ4v) is 5.18. The maximum atomic E-state index is 12.8. The van der Waals surface area contributed by atoms with Crippen molar-refractivity contribution in [1.29, 1.82) is 0 Å². The van der Waals surface area contributed by atoms with Crippen LogP contribution in [0.5, 0.6) is 0 Å². The number of carboxylic acids is 1. The van der Waals surface area contributed by atoms with Gasteiger partial charge in [0.15, 0.2) is 0 Å². The van der Waals surface area contributed by atoms with Crippen LogP contribution in [-0.2, 0) is 20.6 Å². The molecule has 2 N–H and O–H groups in total. The molecule has 2 aromatic rings. The Labute approximate surface area is 202 Å². The summed E-state index contributed by atoms with van der Waals surface area (Å²) in [5, 5.41) is 23.6. The number of rotatable bonds is 10. The molecule has 186 valence electrons. The lowest BCUT2D eigenvalue weighted by Crippen LogP contribution is -2.49. The zero-order valence-corrected chi connectivity index (χ0v) is 20.1. The van der Waals surface area contributed by atoms with Gasteiger partial charge in [-0.15, -0.1) is 0 Å². The largest absolute Gasteiger partial charge is 0.478 e. The molecule has 3 rings (SSSR count). The van der Waals surface area contributed by atoms with E-state index in [9.17, 15) is 33.2 Å². The zero-order valence-electron chi connectivity index (χ0n) is 19.2. The molecule has 0 aliphatic carbocycles. The maximum Gasteiger partial charge on any atom is 0.335 e. The molecular formula is C23H26N4O7S. The molecule has 0 saturated heterocycles. The molecule has 1 heterocycles. The topological polar surface area (TPSA) is 150 Å².